The summed E-state index contributed by atoms with van der Waals surface area (Å²) in [5.41, 5.74) is 2.92. The number of thiophene rings is 1. The first kappa shape index (κ1) is 12.3. The maximum atomic E-state index is 11.0. The molecule has 2 aromatic rings. The van der Waals surface area contributed by atoms with Crippen molar-refractivity contribution in [2.45, 2.75) is 6.54 Å². The number of halogens is 1. The standard InChI is InChI=1S/C13H12BrNOS/c1-15(7-10-4-5-17-9-10)13-6-12(14)3-2-11(13)8-16/h2-6,8-9H,7H2,1H3. The number of carbonyl (C=O) groups excluding carboxylic acids is 1. The molecule has 0 amide bonds. The number of anilines is 1. The van der Waals surface area contributed by atoms with Crippen molar-refractivity contribution in [2.75, 3.05) is 11.9 Å². The summed E-state index contributed by atoms with van der Waals surface area (Å²) in [6.07, 6.45) is 0.895. The molecule has 2 nitrogen and oxygen atoms in total. The molecular weight excluding hydrogens is 298 g/mol. The SMILES string of the molecule is CN(Cc1ccsc1)c1cc(Br)ccc1C=O. The molecule has 1 aromatic carbocycles. The Morgan fingerprint density at radius 1 is 1.41 bits per heavy atom. The molecule has 0 fully saturated rings. The summed E-state index contributed by atoms with van der Waals surface area (Å²) in [5.74, 6) is 0. The molecule has 4 heteroatoms. The van der Waals surface area contributed by atoms with Crippen LogP contribution in [0.5, 0.6) is 0 Å². The molecule has 0 bridgehead atoms. The van der Waals surface area contributed by atoms with Crippen LogP contribution in [0.2, 0.25) is 0 Å². The van der Waals surface area contributed by atoms with Crippen LogP contribution in [0.1, 0.15) is 15.9 Å². The Morgan fingerprint density at radius 3 is 2.88 bits per heavy atom. The lowest BCUT2D eigenvalue weighted by Gasteiger charge is -2.20. The van der Waals surface area contributed by atoms with Crippen LogP contribution in [0.4, 0.5) is 5.69 Å². The minimum Gasteiger partial charge on any atom is -0.370 e. The molecule has 0 aliphatic heterocycles. The van der Waals surface area contributed by atoms with Crippen molar-refractivity contribution >= 4 is 39.2 Å². The van der Waals surface area contributed by atoms with Gasteiger partial charge in [0.25, 0.3) is 0 Å². The molecule has 1 heterocycles. The van der Waals surface area contributed by atoms with Gasteiger partial charge in [-0.15, -0.1) is 0 Å². The highest BCUT2D eigenvalue weighted by molar-refractivity contribution is 9.10. The lowest BCUT2D eigenvalue weighted by Crippen LogP contribution is -2.17. The summed E-state index contributed by atoms with van der Waals surface area (Å²) in [6.45, 7) is 0.806. The second kappa shape index (κ2) is 5.47. The van der Waals surface area contributed by atoms with Gasteiger partial charge >= 0.3 is 0 Å². The fourth-order valence-corrected chi connectivity index (χ4v) is 2.70. The van der Waals surface area contributed by atoms with Gasteiger partial charge < -0.3 is 4.90 Å². The Morgan fingerprint density at radius 2 is 2.24 bits per heavy atom. The van der Waals surface area contributed by atoms with Crippen LogP contribution in [0.25, 0.3) is 0 Å². The molecule has 88 valence electrons. The zero-order valence-corrected chi connectivity index (χ0v) is 11.8. The molecule has 0 N–H and O–H groups in total. The van der Waals surface area contributed by atoms with Crippen LogP contribution in [0.15, 0.2) is 39.5 Å². The highest BCUT2D eigenvalue weighted by atomic mass is 79.9. The first-order valence-corrected chi connectivity index (χ1v) is 6.91. The topological polar surface area (TPSA) is 20.3 Å². The number of hydrogen-bond donors (Lipinski definition) is 0. The fourth-order valence-electron chi connectivity index (χ4n) is 1.69. The van der Waals surface area contributed by atoms with E-state index in [9.17, 15) is 4.79 Å². The van der Waals surface area contributed by atoms with E-state index < -0.39 is 0 Å². The predicted octanol–water partition coefficient (Wildman–Crippen LogP) is 3.96. The van der Waals surface area contributed by atoms with Crippen molar-refractivity contribution in [1.29, 1.82) is 0 Å². The molecule has 0 radical (unpaired) electrons. The van der Waals surface area contributed by atoms with E-state index in [4.69, 9.17) is 0 Å². The van der Waals surface area contributed by atoms with Crippen LogP contribution in [0.3, 0.4) is 0 Å². The zero-order chi connectivity index (χ0) is 12.3. The quantitative estimate of drug-likeness (QED) is 0.797. The number of hydrogen-bond acceptors (Lipinski definition) is 3. The van der Waals surface area contributed by atoms with E-state index in [-0.39, 0.29) is 0 Å². The van der Waals surface area contributed by atoms with Gasteiger partial charge in [0.2, 0.25) is 0 Å². The van der Waals surface area contributed by atoms with E-state index in [2.05, 4.69) is 37.7 Å². The van der Waals surface area contributed by atoms with E-state index in [1.54, 1.807) is 11.3 Å². The summed E-state index contributed by atoms with van der Waals surface area (Å²) >= 11 is 5.12. The Balaban J connectivity index is 2.26. The van der Waals surface area contributed by atoms with Gasteiger partial charge in [-0.25, -0.2) is 0 Å². The average Bonchev–Trinajstić information content (AvgIpc) is 2.81. The van der Waals surface area contributed by atoms with Gasteiger partial charge in [-0.2, -0.15) is 11.3 Å². The Kier molecular flexibility index (Phi) is 3.97. The minimum atomic E-state index is 0.714. The molecule has 2 rings (SSSR count). The van der Waals surface area contributed by atoms with Crippen molar-refractivity contribution in [1.82, 2.24) is 0 Å². The number of rotatable bonds is 4. The number of benzene rings is 1. The van der Waals surface area contributed by atoms with Crippen LogP contribution in [-0.4, -0.2) is 13.3 Å². The van der Waals surface area contributed by atoms with Crippen LogP contribution < -0.4 is 4.90 Å². The molecular formula is C13H12BrNOS. The summed E-state index contributed by atoms with van der Waals surface area (Å²) in [4.78, 5) is 13.1. The first-order chi connectivity index (χ1) is 8.20. The fraction of sp³-hybridized carbons (Fsp3) is 0.154. The van der Waals surface area contributed by atoms with E-state index in [1.165, 1.54) is 5.56 Å². The second-order valence-electron chi connectivity index (χ2n) is 3.81. The lowest BCUT2D eigenvalue weighted by atomic mass is 10.1. The van der Waals surface area contributed by atoms with Gasteiger partial charge in [-0.05, 0) is 40.6 Å². The third kappa shape index (κ3) is 2.96. The van der Waals surface area contributed by atoms with Gasteiger partial charge in [-0.3, -0.25) is 4.79 Å². The average molecular weight is 310 g/mol. The lowest BCUT2D eigenvalue weighted by molar-refractivity contribution is 0.112. The number of carbonyl (C=O) groups is 1. The van der Waals surface area contributed by atoms with Crippen molar-refractivity contribution in [3.8, 4) is 0 Å². The highest BCUT2D eigenvalue weighted by Gasteiger charge is 2.08. The summed E-state index contributed by atoms with van der Waals surface area (Å²) < 4.78 is 0.982. The largest absolute Gasteiger partial charge is 0.370 e. The van der Waals surface area contributed by atoms with Crippen molar-refractivity contribution in [3.63, 3.8) is 0 Å². The maximum Gasteiger partial charge on any atom is 0.152 e. The van der Waals surface area contributed by atoms with Gasteiger partial charge in [0.1, 0.15) is 0 Å². The summed E-state index contributed by atoms with van der Waals surface area (Å²) in [7, 11) is 1.99. The third-order valence-corrected chi connectivity index (χ3v) is 3.76. The molecule has 0 saturated heterocycles. The monoisotopic (exact) mass is 309 g/mol. The molecule has 0 aliphatic carbocycles. The Hall–Kier alpha value is -1.13. The Bertz CT molecular complexity index is 510. The van der Waals surface area contributed by atoms with Crippen LogP contribution >= 0.6 is 27.3 Å². The van der Waals surface area contributed by atoms with Crippen molar-refractivity contribution < 1.29 is 4.79 Å². The molecule has 1 aromatic heterocycles. The van der Waals surface area contributed by atoms with Gasteiger partial charge in [0, 0.05) is 29.3 Å². The predicted molar refractivity (Wildman–Crippen MR) is 76.0 cm³/mol. The minimum absolute atomic E-state index is 0.714. The van der Waals surface area contributed by atoms with E-state index in [0.29, 0.717) is 5.56 Å². The maximum absolute atomic E-state index is 11.0. The van der Waals surface area contributed by atoms with E-state index >= 15 is 0 Å². The van der Waals surface area contributed by atoms with Gasteiger partial charge in [0.05, 0.1) is 0 Å². The van der Waals surface area contributed by atoms with Gasteiger partial charge in [0.15, 0.2) is 6.29 Å². The second-order valence-corrected chi connectivity index (χ2v) is 5.50. The summed E-state index contributed by atoms with van der Waals surface area (Å²) in [5, 5.41) is 4.18. The third-order valence-electron chi connectivity index (χ3n) is 2.53. The van der Waals surface area contributed by atoms with E-state index in [0.717, 1.165) is 23.0 Å². The number of nitrogens with zero attached hydrogens (tertiary/aromatic N) is 1. The van der Waals surface area contributed by atoms with Gasteiger partial charge in [-0.1, -0.05) is 15.9 Å². The van der Waals surface area contributed by atoms with E-state index in [1.807, 2.05) is 25.2 Å². The van der Waals surface area contributed by atoms with Crippen LogP contribution in [0, 0.1) is 0 Å². The molecule has 0 spiro atoms. The highest BCUT2D eigenvalue weighted by Crippen LogP contribution is 2.24. The smallest absolute Gasteiger partial charge is 0.152 e. The normalized spacial score (nSPS) is 10.2. The zero-order valence-electron chi connectivity index (χ0n) is 9.39. The molecule has 0 aliphatic rings. The van der Waals surface area contributed by atoms with Crippen LogP contribution in [-0.2, 0) is 6.54 Å². The Labute approximate surface area is 113 Å². The van der Waals surface area contributed by atoms with Crippen molar-refractivity contribution in [3.05, 3.63) is 50.6 Å². The molecule has 0 atom stereocenters. The van der Waals surface area contributed by atoms with Crippen molar-refractivity contribution in [2.24, 2.45) is 0 Å². The molecule has 0 saturated carbocycles. The number of aldehydes is 1. The molecule has 0 unspecified atom stereocenters. The first-order valence-electron chi connectivity index (χ1n) is 5.17. The molecule has 17 heavy (non-hydrogen) atoms. The summed E-state index contributed by atoms with van der Waals surface area (Å²) in [6, 6.07) is 7.78.